The van der Waals surface area contributed by atoms with Crippen LogP contribution in [0.1, 0.15) is 31.4 Å². The molecular weight excluding hydrogens is 474 g/mol. The number of halogens is 6. The zero-order valence-electron chi connectivity index (χ0n) is 19.5. The van der Waals surface area contributed by atoms with Crippen LogP contribution in [0.25, 0.3) is 11.1 Å². The molecule has 10 heteroatoms. The van der Waals surface area contributed by atoms with Crippen LogP contribution in [0.5, 0.6) is 0 Å². The molecule has 1 atom stereocenters. The molecule has 2 aromatic carbocycles. The highest BCUT2D eigenvalue weighted by molar-refractivity contribution is 5.78. The quantitative estimate of drug-likeness (QED) is 0.542. The molecule has 1 saturated heterocycles. The predicted molar refractivity (Wildman–Crippen MR) is 119 cm³/mol. The first kappa shape index (κ1) is 27.0. The van der Waals surface area contributed by atoms with Gasteiger partial charge >= 0.3 is 12.4 Å². The van der Waals surface area contributed by atoms with Gasteiger partial charge in [0.25, 0.3) is 5.60 Å². The van der Waals surface area contributed by atoms with Gasteiger partial charge in [0.05, 0.1) is 0 Å². The summed E-state index contributed by atoms with van der Waals surface area (Å²) in [6.07, 6.45) is -11.0. The van der Waals surface area contributed by atoms with E-state index in [1.54, 1.807) is 12.1 Å². The molecule has 35 heavy (non-hydrogen) atoms. The van der Waals surface area contributed by atoms with Gasteiger partial charge in [-0.1, -0.05) is 62.4 Å². The van der Waals surface area contributed by atoms with Crippen LogP contribution in [0.2, 0.25) is 0 Å². The number of piperazine rings is 1. The summed E-state index contributed by atoms with van der Waals surface area (Å²) in [4.78, 5) is 16.4. The summed E-state index contributed by atoms with van der Waals surface area (Å²) < 4.78 is 78.4. The molecule has 3 rings (SSSR count). The number of alkyl halides is 6. The highest BCUT2D eigenvalue weighted by Gasteiger charge is 2.71. The smallest absolute Gasteiger partial charge is 0.369 e. The van der Waals surface area contributed by atoms with E-state index in [0.717, 1.165) is 37.2 Å². The first-order valence-corrected chi connectivity index (χ1v) is 11.3. The van der Waals surface area contributed by atoms with E-state index in [-0.39, 0.29) is 11.8 Å². The summed E-state index contributed by atoms with van der Waals surface area (Å²) in [7, 11) is 0. The monoisotopic (exact) mass is 502 g/mol. The van der Waals surface area contributed by atoms with Crippen LogP contribution < -0.4 is 0 Å². The van der Waals surface area contributed by atoms with Gasteiger partial charge in [0.2, 0.25) is 5.91 Å². The molecule has 0 aliphatic carbocycles. The Balaban J connectivity index is 1.65. The third-order valence-electron chi connectivity index (χ3n) is 6.53. The minimum atomic E-state index is -5.92. The molecule has 1 fully saturated rings. The average molecular weight is 502 g/mol. The second-order valence-electron chi connectivity index (χ2n) is 8.89. The van der Waals surface area contributed by atoms with Gasteiger partial charge in [-0.2, -0.15) is 26.3 Å². The zero-order chi connectivity index (χ0) is 26.0. The molecule has 2 aromatic rings. The van der Waals surface area contributed by atoms with Crippen LogP contribution in [0.4, 0.5) is 26.3 Å². The fourth-order valence-electron chi connectivity index (χ4n) is 4.07. The van der Waals surface area contributed by atoms with E-state index in [4.69, 9.17) is 0 Å². The first-order chi connectivity index (χ1) is 16.3. The number of nitrogens with zero attached hydrogens (tertiary/aromatic N) is 2. The third-order valence-corrected chi connectivity index (χ3v) is 6.53. The molecule has 4 nitrogen and oxygen atoms in total. The van der Waals surface area contributed by atoms with Gasteiger partial charge in [-0.15, -0.1) is 0 Å². The zero-order valence-corrected chi connectivity index (χ0v) is 19.5. The molecular formula is C25H28F6N2O2. The Bertz CT molecular complexity index is 981. The van der Waals surface area contributed by atoms with E-state index in [1.807, 2.05) is 30.9 Å². The lowest BCUT2D eigenvalue weighted by atomic mass is 9.90. The molecule has 0 bridgehead atoms. The number of carbonyl (C=O) groups excluding carboxylic acids is 1. The number of rotatable bonds is 6. The van der Waals surface area contributed by atoms with E-state index >= 15 is 0 Å². The van der Waals surface area contributed by atoms with Crippen molar-refractivity contribution in [1.82, 2.24) is 9.80 Å². The Labute approximate surface area is 200 Å². The third kappa shape index (κ3) is 5.64. The maximum absolute atomic E-state index is 13.1. The minimum absolute atomic E-state index is 0.0129. The van der Waals surface area contributed by atoms with Crippen molar-refractivity contribution < 1.29 is 36.2 Å². The molecule has 1 aliphatic heterocycles. The average Bonchev–Trinajstić information content (AvgIpc) is 2.82. The van der Waals surface area contributed by atoms with Crippen molar-refractivity contribution in [2.45, 2.75) is 44.8 Å². The largest absolute Gasteiger partial charge is 0.430 e. The number of hydrogen-bond donors (Lipinski definition) is 1. The Kier molecular flexibility index (Phi) is 7.86. The summed E-state index contributed by atoms with van der Waals surface area (Å²) >= 11 is 0. The minimum Gasteiger partial charge on any atom is -0.369 e. The second kappa shape index (κ2) is 10.2. The maximum atomic E-state index is 13.1. The molecule has 1 unspecified atom stereocenters. The van der Waals surface area contributed by atoms with E-state index in [9.17, 15) is 36.2 Å². The summed E-state index contributed by atoms with van der Waals surface area (Å²) in [5.74, 6) is 0.185. The number of aliphatic hydroxyl groups is 1. The number of carbonyl (C=O) groups is 1. The standard InChI is InChI=1S/C25H28F6N2O2/c1-3-17(2)22(34)33-14-12-32(13-15-33)16-18-4-6-19(7-5-18)20-8-10-21(11-9-20)23(35,24(26,27)28)25(29,30)31/h4-11,17,35H,3,12-16H2,1-2H3. The molecule has 1 heterocycles. The Morgan fingerprint density at radius 2 is 1.31 bits per heavy atom. The first-order valence-electron chi connectivity index (χ1n) is 11.3. The van der Waals surface area contributed by atoms with Crippen LogP contribution in [-0.4, -0.2) is 59.3 Å². The molecule has 1 N–H and O–H groups in total. The summed E-state index contributed by atoms with van der Waals surface area (Å²) in [5.41, 5.74) is -4.19. The van der Waals surface area contributed by atoms with E-state index in [0.29, 0.717) is 42.9 Å². The molecule has 0 aromatic heterocycles. The van der Waals surface area contributed by atoms with Crippen LogP contribution in [0.15, 0.2) is 48.5 Å². The number of hydrogen-bond acceptors (Lipinski definition) is 3. The summed E-state index contributed by atoms with van der Waals surface area (Å²) in [6.45, 7) is 7.39. The van der Waals surface area contributed by atoms with Crippen LogP contribution in [0, 0.1) is 5.92 Å². The normalized spacial score (nSPS) is 16.9. The van der Waals surface area contributed by atoms with Crippen LogP contribution in [-0.2, 0) is 16.9 Å². The van der Waals surface area contributed by atoms with Crippen LogP contribution >= 0.6 is 0 Å². The Morgan fingerprint density at radius 1 is 0.857 bits per heavy atom. The van der Waals surface area contributed by atoms with Crippen LogP contribution in [0.3, 0.4) is 0 Å². The van der Waals surface area contributed by atoms with Crippen molar-refractivity contribution in [2.24, 2.45) is 5.92 Å². The highest BCUT2D eigenvalue weighted by atomic mass is 19.4. The van der Waals surface area contributed by atoms with Gasteiger partial charge in [-0.05, 0) is 23.1 Å². The van der Waals surface area contributed by atoms with E-state index in [1.165, 1.54) is 0 Å². The lowest BCUT2D eigenvalue weighted by Gasteiger charge is -2.36. The molecule has 192 valence electrons. The van der Waals surface area contributed by atoms with Gasteiger partial charge in [0, 0.05) is 44.2 Å². The Hall–Kier alpha value is -2.59. The fraction of sp³-hybridized carbons (Fsp3) is 0.480. The predicted octanol–water partition coefficient (Wildman–Crippen LogP) is 5.36. The molecule has 0 spiro atoms. The lowest BCUT2D eigenvalue weighted by Crippen LogP contribution is -2.53. The van der Waals surface area contributed by atoms with Gasteiger partial charge in [0.1, 0.15) is 0 Å². The topological polar surface area (TPSA) is 43.8 Å². The van der Waals surface area contributed by atoms with E-state index < -0.39 is 23.5 Å². The highest BCUT2D eigenvalue weighted by Crippen LogP contribution is 2.50. The Morgan fingerprint density at radius 3 is 1.74 bits per heavy atom. The molecule has 0 saturated carbocycles. The maximum Gasteiger partial charge on any atom is 0.430 e. The van der Waals surface area contributed by atoms with Crippen molar-refractivity contribution in [3.05, 3.63) is 59.7 Å². The summed E-state index contributed by atoms with van der Waals surface area (Å²) in [6, 6.07) is 10.7. The van der Waals surface area contributed by atoms with Gasteiger partial charge in [0.15, 0.2) is 0 Å². The van der Waals surface area contributed by atoms with Gasteiger partial charge < -0.3 is 10.0 Å². The fourth-order valence-corrected chi connectivity index (χ4v) is 4.07. The van der Waals surface area contributed by atoms with Crippen molar-refractivity contribution in [1.29, 1.82) is 0 Å². The summed E-state index contributed by atoms with van der Waals surface area (Å²) in [5, 5.41) is 9.52. The molecule has 1 aliphatic rings. The molecule has 0 radical (unpaired) electrons. The van der Waals surface area contributed by atoms with Crippen molar-refractivity contribution >= 4 is 5.91 Å². The SMILES string of the molecule is CCC(C)C(=O)N1CCN(Cc2ccc(-c3ccc(C(O)(C(F)(F)F)C(F)(F)F)cc3)cc2)CC1. The molecule has 1 amide bonds. The van der Waals surface area contributed by atoms with Crippen molar-refractivity contribution in [2.75, 3.05) is 26.2 Å². The van der Waals surface area contributed by atoms with Crippen molar-refractivity contribution in [3.8, 4) is 11.1 Å². The van der Waals surface area contributed by atoms with E-state index in [2.05, 4.69) is 4.90 Å². The van der Waals surface area contributed by atoms with Crippen molar-refractivity contribution in [3.63, 3.8) is 0 Å². The van der Waals surface area contributed by atoms with Gasteiger partial charge in [-0.3, -0.25) is 9.69 Å². The number of amides is 1. The lowest BCUT2D eigenvalue weighted by molar-refractivity contribution is -0.376. The van der Waals surface area contributed by atoms with Gasteiger partial charge in [-0.25, -0.2) is 0 Å². The second-order valence-corrected chi connectivity index (χ2v) is 8.89. The number of benzene rings is 2.